The Labute approximate surface area is 214 Å². The Hall–Kier alpha value is -2.73. The van der Waals surface area contributed by atoms with Crippen molar-refractivity contribution in [2.45, 2.75) is 76.8 Å². The zero-order chi connectivity index (χ0) is 25.5. The number of fused-ring (bicyclic) bond motifs is 4. The Balaban J connectivity index is 1.42. The standard InChI is InChI=1S/C30H39NO5/c1-29(2,3)36-28(32)31-17-15-24-21(19-31)18-23-26(34-24)22-12-9-13-25(33-5)27(22)35-30(23,4)16-14-20-10-7-6-8-11-20/h6-13,21,23-24,26H,14-19H2,1-5H3/t21-,23+,24+,26-,30-/m1/s1. The smallest absolute Gasteiger partial charge is 0.410 e. The van der Waals surface area contributed by atoms with E-state index >= 15 is 0 Å². The van der Waals surface area contributed by atoms with E-state index in [0.717, 1.165) is 42.7 Å². The van der Waals surface area contributed by atoms with E-state index < -0.39 is 11.2 Å². The van der Waals surface area contributed by atoms with E-state index in [-0.39, 0.29) is 30.1 Å². The second-order valence-electron chi connectivity index (χ2n) is 11.7. The van der Waals surface area contributed by atoms with Gasteiger partial charge in [-0.2, -0.15) is 0 Å². The molecular formula is C30H39NO5. The molecule has 2 saturated heterocycles. The lowest BCUT2D eigenvalue weighted by Crippen LogP contribution is -2.57. The molecule has 2 fully saturated rings. The zero-order valence-corrected chi connectivity index (χ0v) is 22.2. The van der Waals surface area contributed by atoms with Crippen molar-refractivity contribution in [3.8, 4) is 11.5 Å². The molecule has 3 aliphatic heterocycles. The Morgan fingerprint density at radius 1 is 1.14 bits per heavy atom. The van der Waals surface area contributed by atoms with Gasteiger partial charge in [0.25, 0.3) is 0 Å². The fraction of sp³-hybridized carbons (Fsp3) is 0.567. The number of benzene rings is 2. The molecule has 3 aliphatic rings. The highest BCUT2D eigenvalue weighted by molar-refractivity contribution is 5.68. The second-order valence-corrected chi connectivity index (χ2v) is 11.7. The molecule has 1 amide bonds. The molecule has 2 aromatic carbocycles. The third-order valence-corrected chi connectivity index (χ3v) is 7.97. The molecule has 6 nitrogen and oxygen atoms in total. The van der Waals surface area contributed by atoms with Gasteiger partial charge in [0.05, 0.1) is 19.3 Å². The number of ether oxygens (including phenoxy) is 4. The predicted octanol–water partition coefficient (Wildman–Crippen LogP) is 6.18. The van der Waals surface area contributed by atoms with E-state index in [1.807, 2.05) is 43.9 Å². The molecule has 5 atom stereocenters. The van der Waals surface area contributed by atoms with Crippen LogP contribution in [0, 0.1) is 11.8 Å². The number of carbonyl (C=O) groups is 1. The Morgan fingerprint density at radius 2 is 1.92 bits per heavy atom. The lowest BCUT2D eigenvalue weighted by atomic mass is 9.68. The van der Waals surface area contributed by atoms with Crippen molar-refractivity contribution in [1.29, 1.82) is 0 Å². The SMILES string of the molecule is COc1cccc2c1O[C@](C)(CCc1ccccc1)[C@H]1C[C@@H]3CN(C(=O)OC(C)(C)C)CC[C@@H]3O[C@H]21. The molecule has 0 radical (unpaired) electrons. The van der Waals surface area contributed by atoms with Gasteiger partial charge in [0.1, 0.15) is 11.2 Å². The van der Waals surface area contributed by atoms with E-state index in [2.05, 4.69) is 37.3 Å². The van der Waals surface area contributed by atoms with Gasteiger partial charge in [0.2, 0.25) is 0 Å². The largest absolute Gasteiger partial charge is 0.493 e. The highest BCUT2D eigenvalue weighted by atomic mass is 16.6. The topological polar surface area (TPSA) is 57.2 Å². The minimum absolute atomic E-state index is 0.0565. The normalized spacial score (nSPS) is 29.3. The molecule has 3 heterocycles. The number of amides is 1. The summed E-state index contributed by atoms with van der Waals surface area (Å²) >= 11 is 0. The molecule has 0 unspecified atom stereocenters. The van der Waals surface area contributed by atoms with Gasteiger partial charge >= 0.3 is 6.09 Å². The summed E-state index contributed by atoms with van der Waals surface area (Å²) in [5.41, 5.74) is 1.44. The summed E-state index contributed by atoms with van der Waals surface area (Å²) in [6.07, 6.45) is 3.37. The van der Waals surface area contributed by atoms with Gasteiger partial charge in [-0.3, -0.25) is 0 Å². The van der Waals surface area contributed by atoms with Crippen LogP contribution >= 0.6 is 0 Å². The number of rotatable bonds is 4. The van der Waals surface area contributed by atoms with Crippen LogP contribution in [0.5, 0.6) is 11.5 Å². The Morgan fingerprint density at radius 3 is 2.64 bits per heavy atom. The number of likely N-dealkylation sites (tertiary alicyclic amines) is 1. The van der Waals surface area contributed by atoms with Gasteiger partial charge in [0.15, 0.2) is 11.5 Å². The third-order valence-electron chi connectivity index (χ3n) is 7.97. The third kappa shape index (κ3) is 4.93. The maximum absolute atomic E-state index is 12.8. The average Bonchev–Trinajstić information content (AvgIpc) is 2.86. The summed E-state index contributed by atoms with van der Waals surface area (Å²) < 4.78 is 25.1. The lowest BCUT2D eigenvalue weighted by molar-refractivity contribution is -0.191. The molecule has 194 valence electrons. The number of nitrogens with zero attached hydrogens (tertiary/aromatic N) is 1. The van der Waals surface area contributed by atoms with Crippen molar-refractivity contribution in [2.75, 3.05) is 20.2 Å². The van der Waals surface area contributed by atoms with E-state index in [4.69, 9.17) is 18.9 Å². The van der Waals surface area contributed by atoms with Crippen LogP contribution in [0.1, 0.15) is 64.2 Å². The average molecular weight is 494 g/mol. The van der Waals surface area contributed by atoms with Gasteiger partial charge in [-0.1, -0.05) is 42.5 Å². The monoisotopic (exact) mass is 493 g/mol. The van der Waals surface area contributed by atoms with Crippen molar-refractivity contribution in [3.63, 3.8) is 0 Å². The maximum atomic E-state index is 12.8. The minimum Gasteiger partial charge on any atom is -0.493 e. The van der Waals surface area contributed by atoms with Crippen LogP contribution in [-0.2, 0) is 15.9 Å². The number of aryl methyl sites for hydroxylation is 1. The Kier molecular flexibility index (Phi) is 6.67. The number of para-hydroxylation sites is 1. The first kappa shape index (κ1) is 24.9. The molecule has 0 aliphatic carbocycles. The fourth-order valence-electron chi connectivity index (χ4n) is 6.11. The summed E-state index contributed by atoms with van der Waals surface area (Å²) in [6.45, 7) is 9.27. The van der Waals surface area contributed by atoms with Crippen molar-refractivity contribution in [3.05, 3.63) is 59.7 Å². The van der Waals surface area contributed by atoms with E-state index in [1.54, 1.807) is 7.11 Å². The van der Waals surface area contributed by atoms with Gasteiger partial charge in [-0.15, -0.1) is 0 Å². The van der Waals surface area contributed by atoms with Crippen molar-refractivity contribution in [1.82, 2.24) is 4.90 Å². The molecule has 0 saturated carbocycles. The molecule has 0 bridgehead atoms. The molecule has 0 N–H and O–H groups in total. The first-order valence-electron chi connectivity index (χ1n) is 13.2. The molecular weight excluding hydrogens is 454 g/mol. The minimum atomic E-state index is -0.502. The molecule has 0 aromatic heterocycles. The second kappa shape index (κ2) is 9.62. The van der Waals surface area contributed by atoms with Gasteiger partial charge in [-0.25, -0.2) is 4.79 Å². The summed E-state index contributed by atoms with van der Waals surface area (Å²) in [4.78, 5) is 14.7. The summed E-state index contributed by atoms with van der Waals surface area (Å²) in [5.74, 6) is 1.98. The number of carbonyl (C=O) groups excluding carboxylic acids is 1. The van der Waals surface area contributed by atoms with Crippen molar-refractivity contribution in [2.24, 2.45) is 11.8 Å². The van der Waals surface area contributed by atoms with Gasteiger partial charge < -0.3 is 23.8 Å². The van der Waals surface area contributed by atoms with E-state index in [9.17, 15) is 4.79 Å². The summed E-state index contributed by atoms with van der Waals surface area (Å²) in [7, 11) is 1.69. The van der Waals surface area contributed by atoms with Crippen LogP contribution in [0.25, 0.3) is 0 Å². The molecule has 0 spiro atoms. The highest BCUT2D eigenvalue weighted by Gasteiger charge is 2.54. The Bertz CT molecular complexity index is 1080. The summed E-state index contributed by atoms with van der Waals surface area (Å²) in [5, 5.41) is 0. The first-order chi connectivity index (χ1) is 17.2. The van der Waals surface area contributed by atoms with Crippen LogP contribution in [-0.4, -0.2) is 48.5 Å². The molecule has 6 heteroatoms. The number of hydrogen-bond acceptors (Lipinski definition) is 5. The maximum Gasteiger partial charge on any atom is 0.410 e. The quantitative estimate of drug-likeness (QED) is 0.509. The number of methoxy groups -OCH3 is 1. The summed E-state index contributed by atoms with van der Waals surface area (Å²) in [6, 6.07) is 16.7. The zero-order valence-electron chi connectivity index (χ0n) is 22.2. The number of piperidine rings is 1. The van der Waals surface area contributed by atoms with E-state index in [0.29, 0.717) is 13.1 Å². The first-order valence-corrected chi connectivity index (χ1v) is 13.2. The fourth-order valence-corrected chi connectivity index (χ4v) is 6.11. The van der Waals surface area contributed by atoms with Crippen molar-refractivity contribution >= 4 is 6.09 Å². The molecule has 36 heavy (non-hydrogen) atoms. The number of hydrogen-bond donors (Lipinski definition) is 0. The van der Waals surface area contributed by atoms with Gasteiger partial charge in [-0.05, 0) is 65.0 Å². The van der Waals surface area contributed by atoms with Crippen LogP contribution in [0.2, 0.25) is 0 Å². The molecule has 5 rings (SSSR count). The lowest BCUT2D eigenvalue weighted by Gasteiger charge is -2.54. The van der Waals surface area contributed by atoms with Crippen LogP contribution in [0.4, 0.5) is 4.79 Å². The van der Waals surface area contributed by atoms with Crippen LogP contribution < -0.4 is 9.47 Å². The predicted molar refractivity (Wildman–Crippen MR) is 138 cm³/mol. The highest BCUT2D eigenvalue weighted by Crippen LogP contribution is 2.56. The molecule has 2 aromatic rings. The van der Waals surface area contributed by atoms with Crippen LogP contribution in [0.3, 0.4) is 0 Å². The van der Waals surface area contributed by atoms with E-state index in [1.165, 1.54) is 5.56 Å². The van der Waals surface area contributed by atoms with Gasteiger partial charge in [0, 0.05) is 30.5 Å². The van der Waals surface area contributed by atoms with Crippen LogP contribution in [0.15, 0.2) is 48.5 Å². The van der Waals surface area contributed by atoms with Crippen molar-refractivity contribution < 1.29 is 23.7 Å².